The van der Waals surface area contributed by atoms with Gasteiger partial charge in [0.25, 0.3) is 0 Å². The zero-order valence-corrected chi connectivity index (χ0v) is 20.9. The number of urea groups is 1. The lowest BCUT2D eigenvalue weighted by molar-refractivity contribution is -0.763. The van der Waals surface area contributed by atoms with Gasteiger partial charge in [-0.05, 0) is 25.1 Å². The monoisotopic (exact) mass is 518 g/mol. The molecule has 3 heterocycles. The van der Waals surface area contributed by atoms with Gasteiger partial charge in [-0.2, -0.15) is 0 Å². The number of nitrogens with one attached hydrogen (secondary N) is 2. The fraction of sp³-hybridized carbons (Fsp3) is 0.478. The van der Waals surface area contributed by atoms with Crippen LogP contribution in [-0.2, 0) is 19.2 Å². The Bertz CT molecular complexity index is 1070. The van der Waals surface area contributed by atoms with Crippen LogP contribution in [0, 0.1) is 6.61 Å². The molecule has 0 aromatic heterocycles. The summed E-state index contributed by atoms with van der Waals surface area (Å²) in [5, 5.41) is 15.7. The summed E-state index contributed by atoms with van der Waals surface area (Å²) in [5.41, 5.74) is 0.439. The molecule has 3 aliphatic heterocycles. The first-order valence-electron chi connectivity index (χ1n) is 11.5. The van der Waals surface area contributed by atoms with E-state index in [2.05, 4.69) is 15.5 Å². The number of piperazine rings is 1. The molecule has 3 saturated heterocycles. The van der Waals surface area contributed by atoms with Gasteiger partial charge in [0.1, 0.15) is 17.5 Å². The number of carbonyl (C=O) groups excluding carboxylic acids is 5. The molecule has 4 atom stereocenters. The molecule has 0 radical (unpaired) electrons. The highest BCUT2D eigenvalue weighted by atomic mass is 32.2. The number of rotatable bonds is 7. The number of likely N-dealkylation sites (N-methyl/N-ethyl adjacent to an activating group) is 1. The highest BCUT2D eigenvalue weighted by Crippen LogP contribution is 2.51. The van der Waals surface area contributed by atoms with E-state index in [9.17, 15) is 29.2 Å². The van der Waals surface area contributed by atoms with E-state index in [1.165, 1.54) is 28.2 Å². The lowest BCUT2D eigenvalue weighted by atomic mass is 9.96. The van der Waals surface area contributed by atoms with Gasteiger partial charge in [-0.15, -0.1) is 11.8 Å². The van der Waals surface area contributed by atoms with Gasteiger partial charge in [0, 0.05) is 24.4 Å². The maximum atomic E-state index is 13.4. The van der Waals surface area contributed by atoms with Crippen molar-refractivity contribution in [3.8, 4) is 0 Å². The van der Waals surface area contributed by atoms with Crippen LogP contribution in [0.1, 0.15) is 32.4 Å². The number of thioether (sulfide) groups is 1. The lowest BCUT2D eigenvalue weighted by Gasteiger charge is -2.47. The normalized spacial score (nSPS) is 25.8. The average Bonchev–Trinajstić information content (AvgIpc) is 3.10. The summed E-state index contributed by atoms with van der Waals surface area (Å²) in [7, 11) is 0. The first kappa shape index (κ1) is 25.9. The van der Waals surface area contributed by atoms with Gasteiger partial charge in [-0.25, -0.2) is 4.79 Å². The summed E-state index contributed by atoms with van der Waals surface area (Å²) in [6.45, 7) is 7.24. The van der Waals surface area contributed by atoms with Crippen LogP contribution < -0.4 is 15.9 Å². The molecule has 12 nitrogen and oxygen atoms in total. The lowest BCUT2D eigenvalue weighted by Crippen LogP contribution is -2.70. The fourth-order valence-corrected chi connectivity index (χ4v) is 6.22. The maximum absolute atomic E-state index is 13.4. The molecule has 0 spiro atoms. The van der Waals surface area contributed by atoms with E-state index in [0.717, 1.165) is 4.90 Å². The van der Waals surface area contributed by atoms with E-state index in [0.29, 0.717) is 12.1 Å². The van der Waals surface area contributed by atoms with Crippen LogP contribution in [0.25, 0.3) is 0 Å². The molecule has 36 heavy (non-hydrogen) atoms. The van der Waals surface area contributed by atoms with Crippen LogP contribution in [0.2, 0.25) is 0 Å². The van der Waals surface area contributed by atoms with Crippen molar-refractivity contribution in [3.05, 3.63) is 42.5 Å². The molecule has 3 fully saturated rings. The summed E-state index contributed by atoms with van der Waals surface area (Å²) in [6.07, 6.45) is 0. The van der Waals surface area contributed by atoms with Crippen LogP contribution in [0.3, 0.4) is 0 Å². The number of hydrogen-bond donors (Lipinski definition) is 2. The molecule has 0 bridgehead atoms. The number of amides is 6. The van der Waals surface area contributed by atoms with Gasteiger partial charge in [0.05, 0.1) is 0 Å². The zero-order chi connectivity index (χ0) is 26.2. The highest BCUT2D eigenvalue weighted by Gasteiger charge is 2.60. The Kier molecular flexibility index (Phi) is 7.25. The van der Waals surface area contributed by atoms with Crippen molar-refractivity contribution >= 4 is 41.4 Å². The molecule has 3 aliphatic rings. The Morgan fingerprint density at radius 1 is 1.19 bits per heavy atom. The van der Waals surface area contributed by atoms with E-state index in [-0.39, 0.29) is 19.0 Å². The van der Waals surface area contributed by atoms with Crippen molar-refractivity contribution < 1.29 is 34.1 Å². The average molecular weight is 519 g/mol. The first-order valence-corrected chi connectivity index (χ1v) is 12.4. The number of hydrogen-bond acceptors (Lipinski definition) is 7. The van der Waals surface area contributed by atoms with Gasteiger partial charge in [0.15, 0.2) is 0 Å². The molecule has 13 heteroatoms. The summed E-state index contributed by atoms with van der Waals surface area (Å²) in [6, 6.07) is 4.94. The van der Waals surface area contributed by atoms with Gasteiger partial charge in [-0.3, -0.25) is 24.1 Å². The van der Waals surface area contributed by atoms with E-state index < -0.39 is 52.0 Å². The van der Waals surface area contributed by atoms with E-state index in [1.54, 1.807) is 37.3 Å². The summed E-state index contributed by atoms with van der Waals surface area (Å²) >= 11 is 1.44. The molecule has 6 amide bonds. The predicted octanol–water partition coefficient (Wildman–Crippen LogP) is -0.794. The van der Waals surface area contributed by atoms with Gasteiger partial charge < -0.3 is 30.6 Å². The SMILES string of the molecule is CCN1CCN(C(=O)NC(C(=O)NC2C(=O)N3[C@@H]2SC(C)(C)[C@@H]3[CH-][OH+][O-])c2ccccc2)C(=O)C1=O. The molecule has 0 saturated carbocycles. The third-order valence-corrected chi connectivity index (χ3v) is 8.20. The second-order valence-electron chi connectivity index (χ2n) is 9.18. The van der Waals surface area contributed by atoms with Crippen LogP contribution in [-0.4, -0.2) is 91.1 Å². The van der Waals surface area contributed by atoms with Crippen molar-refractivity contribution in [2.75, 3.05) is 19.6 Å². The molecule has 194 valence electrons. The van der Waals surface area contributed by atoms with E-state index >= 15 is 0 Å². The summed E-state index contributed by atoms with van der Waals surface area (Å²) in [5.74, 6) is -2.74. The standard InChI is InChI=1S/C23H28N5O7S/c1-4-26-10-11-27(20(32)19(26)31)22(33)25-15(13-8-6-5-7-9-13)17(29)24-16-18(30)28-14(12-35-34)23(2,3)36-21(16)28/h5-9,12,14-16,21,35H,4,10-11H2,1-3H3,(H,24,29)(H,25,33)/q-1/t14-,15?,16?,21+/m0/s1. The van der Waals surface area contributed by atoms with Crippen LogP contribution in [0.15, 0.2) is 30.3 Å². The number of carbonyl (C=O) groups is 5. The fourth-order valence-electron chi connectivity index (χ4n) is 4.62. The number of aliphatic hydroxyl groups is 1. The number of β-lactam (4-membered cyclic amide) rings is 1. The summed E-state index contributed by atoms with van der Waals surface area (Å²) in [4.78, 5) is 70.4. The van der Waals surface area contributed by atoms with Crippen molar-refractivity contribution in [3.63, 3.8) is 0 Å². The molecule has 1 aromatic carbocycles. The van der Waals surface area contributed by atoms with Gasteiger partial charge >= 0.3 is 17.8 Å². The van der Waals surface area contributed by atoms with Crippen molar-refractivity contribution in [1.82, 2.24) is 25.3 Å². The minimum atomic E-state index is -1.22. The van der Waals surface area contributed by atoms with E-state index in [4.69, 9.17) is 0 Å². The zero-order valence-electron chi connectivity index (χ0n) is 20.0. The highest BCUT2D eigenvalue weighted by molar-refractivity contribution is 8.01. The molecule has 3 N–H and O–H groups in total. The van der Waals surface area contributed by atoms with Crippen molar-refractivity contribution in [1.29, 1.82) is 0 Å². The number of benzene rings is 1. The van der Waals surface area contributed by atoms with Crippen molar-refractivity contribution in [2.24, 2.45) is 0 Å². The minimum Gasteiger partial charge on any atom is -0.586 e. The Morgan fingerprint density at radius 3 is 2.53 bits per heavy atom. The van der Waals surface area contributed by atoms with Crippen LogP contribution in [0.4, 0.5) is 4.79 Å². The molecule has 2 unspecified atom stereocenters. The van der Waals surface area contributed by atoms with Crippen LogP contribution in [0.5, 0.6) is 0 Å². The van der Waals surface area contributed by atoms with Crippen LogP contribution >= 0.6 is 11.8 Å². The van der Waals surface area contributed by atoms with Crippen molar-refractivity contribution in [2.45, 2.75) is 49.0 Å². The number of nitrogens with zero attached hydrogens (tertiary/aromatic N) is 3. The van der Waals surface area contributed by atoms with Gasteiger partial charge in [-0.1, -0.05) is 44.2 Å². The molecule has 0 aliphatic carbocycles. The smallest absolute Gasteiger partial charge is 0.325 e. The minimum absolute atomic E-state index is 0.000100. The Labute approximate surface area is 212 Å². The molecular weight excluding hydrogens is 490 g/mol. The predicted molar refractivity (Wildman–Crippen MR) is 127 cm³/mol. The third kappa shape index (κ3) is 4.53. The second-order valence-corrected chi connectivity index (χ2v) is 10.9. The Balaban J connectivity index is 1.49. The van der Waals surface area contributed by atoms with E-state index in [1.807, 2.05) is 13.8 Å². The molecule has 4 rings (SSSR count). The first-order chi connectivity index (χ1) is 17.1. The third-order valence-electron chi connectivity index (χ3n) is 6.61. The number of imide groups is 1. The molecular formula is C23H28N5O7S-. The number of fused-ring (bicyclic) bond motifs is 1. The quantitative estimate of drug-likeness (QED) is 0.120. The maximum Gasteiger partial charge on any atom is 0.325 e. The summed E-state index contributed by atoms with van der Waals surface area (Å²) < 4.78 is -0.478. The Hall–Kier alpha value is -3.16. The van der Waals surface area contributed by atoms with Gasteiger partial charge in [0.2, 0.25) is 11.8 Å². The largest absolute Gasteiger partial charge is 0.586 e. The molecule has 1 aromatic rings. The Morgan fingerprint density at radius 2 is 1.89 bits per heavy atom. The second kappa shape index (κ2) is 10.1. The topological polar surface area (TPSA) is 155 Å².